The minimum atomic E-state index is -0.826. The molecule has 0 N–H and O–H groups in total. The molecule has 2 radical (unpaired) electrons. The summed E-state index contributed by atoms with van der Waals surface area (Å²) in [5.41, 5.74) is 9.70. The zero-order valence-electron chi connectivity index (χ0n) is 30.4. The molecule has 0 heterocycles. The normalized spacial score (nSPS) is 14.7. The van der Waals surface area contributed by atoms with Crippen molar-refractivity contribution in [2.45, 2.75) is 91.1 Å². The van der Waals surface area contributed by atoms with Gasteiger partial charge in [0.05, 0.1) is 0 Å². The van der Waals surface area contributed by atoms with Gasteiger partial charge in [-0.15, -0.1) is 69.1 Å². The summed E-state index contributed by atoms with van der Waals surface area (Å²) in [6, 6.07) is 44.6. The predicted octanol–water partition coefficient (Wildman–Crippen LogP) is 14.9. The number of benzene rings is 4. The van der Waals surface area contributed by atoms with Crippen LogP contribution in [0.4, 0.5) is 0 Å². The van der Waals surface area contributed by atoms with E-state index in [1.807, 2.05) is 0 Å². The van der Waals surface area contributed by atoms with Crippen LogP contribution < -0.4 is 0 Å². The Morgan fingerprint density at radius 3 is 1.26 bits per heavy atom. The van der Waals surface area contributed by atoms with E-state index >= 15 is 0 Å². The molecule has 4 heteroatoms. The van der Waals surface area contributed by atoms with E-state index in [-0.39, 0.29) is 0 Å². The van der Waals surface area contributed by atoms with E-state index in [0.717, 1.165) is 9.52 Å². The molecule has 2 saturated carbocycles. The van der Waals surface area contributed by atoms with Crippen molar-refractivity contribution in [2.75, 3.05) is 0 Å². The molecule has 0 unspecified atom stereocenters. The molecular formula is C46H52Cl2SiZr. The van der Waals surface area contributed by atoms with E-state index in [9.17, 15) is 0 Å². The van der Waals surface area contributed by atoms with Crippen LogP contribution in [0.3, 0.4) is 0 Å². The number of halogens is 2. The second-order valence-electron chi connectivity index (χ2n) is 14.5. The van der Waals surface area contributed by atoms with Crippen molar-refractivity contribution >= 4 is 48.1 Å². The van der Waals surface area contributed by atoms with Crippen LogP contribution in [0.15, 0.2) is 121 Å². The van der Waals surface area contributed by atoms with Crippen LogP contribution in [0.2, 0.25) is 13.1 Å². The Morgan fingerprint density at radius 1 is 0.580 bits per heavy atom. The fourth-order valence-corrected chi connectivity index (χ4v) is 7.85. The zero-order valence-corrected chi connectivity index (χ0v) is 35.3. The Balaban J connectivity index is 0.000000168. The van der Waals surface area contributed by atoms with Crippen molar-refractivity contribution < 1.29 is 20.8 Å². The Morgan fingerprint density at radius 2 is 0.940 bits per heavy atom. The number of hydrogen-bond donors (Lipinski definition) is 0. The van der Waals surface area contributed by atoms with Gasteiger partial charge in [-0.3, -0.25) is 0 Å². The van der Waals surface area contributed by atoms with Crippen molar-refractivity contribution in [3.05, 3.63) is 132 Å². The van der Waals surface area contributed by atoms with E-state index in [2.05, 4.69) is 148 Å². The average Bonchev–Trinajstić information content (AvgIpc) is 3.97. The van der Waals surface area contributed by atoms with Crippen LogP contribution in [-0.4, -0.2) is 9.52 Å². The standard InChI is InChI=1S/2C22H23.C2H6Si.2ClH.Zr/c2*1-2-11-22(12-13-22)16-17-14-19-9-6-10-20(21(19)15-17)18-7-4-3-5-8-18;1-3-2;;;/h2*3-10,14-15H,2,11-13,16H2,1H3;1-2H3;2*1H;/q2*-1;;;;+4/p-2. The Bertz CT molecular complexity index is 1740. The van der Waals surface area contributed by atoms with Gasteiger partial charge < -0.3 is 0 Å². The third-order valence-corrected chi connectivity index (χ3v) is 10.4. The van der Waals surface area contributed by atoms with Crippen molar-refractivity contribution in [1.82, 2.24) is 0 Å². The summed E-state index contributed by atoms with van der Waals surface area (Å²) >= 11 is -0.826. The average molecular weight is 795 g/mol. The molecule has 8 rings (SSSR count). The molecule has 0 spiro atoms. The van der Waals surface area contributed by atoms with Crippen LogP contribution in [0, 0.1) is 10.8 Å². The fraction of sp³-hybridized carbons (Fsp3) is 0.348. The molecule has 0 saturated heterocycles. The van der Waals surface area contributed by atoms with Crippen LogP contribution in [0.1, 0.15) is 76.3 Å². The molecular weight excluding hydrogens is 743 g/mol. The molecule has 2 fully saturated rings. The first-order valence-electron chi connectivity index (χ1n) is 18.4. The monoisotopic (exact) mass is 792 g/mol. The van der Waals surface area contributed by atoms with Gasteiger partial charge in [0.25, 0.3) is 0 Å². The summed E-state index contributed by atoms with van der Waals surface area (Å²) in [6.45, 7) is 8.93. The summed E-state index contributed by atoms with van der Waals surface area (Å²) in [5, 5.41) is 5.61. The molecule has 0 atom stereocenters. The molecule has 6 aromatic rings. The number of hydrogen-bond acceptors (Lipinski definition) is 0. The number of rotatable bonds is 10. The van der Waals surface area contributed by atoms with Gasteiger partial charge in [-0.2, -0.15) is 12.1 Å². The SMILES string of the molecule is CCCC1(Cc2cc3c(-c4ccccc4)cccc3[cH-]2)CC1.CCCC1(Cc2cc3c(-c4ccccc4)cccc3[cH-]2)CC1.C[Si]C.[Cl][Zr+2][Cl]. The maximum atomic E-state index is 4.93. The van der Waals surface area contributed by atoms with E-state index < -0.39 is 20.8 Å². The summed E-state index contributed by atoms with van der Waals surface area (Å²) in [5.74, 6) is 0. The van der Waals surface area contributed by atoms with Gasteiger partial charge in [-0.1, -0.05) is 124 Å². The number of fused-ring (bicyclic) bond motifs is 2. The molecule has 2 aliphatic rings. The van der Waals surface area contributed by atoms with Gasteiger partial charge in [-0.05, 0) is 73.3 Å². The van der Waals surface area contributed by atoms with E-state index in [4.69, 9.17) is 17.0 Å². The van der Waals surface area contributed by atoms with E-state index in [1.54, 1.807) is 0 Å². The Labute approximate surface area is 323 Å². The third-order valence-electron chi connectivity index (χ3n) is 10.4. The predicted molar refractivity (Wildman–Crippen MR) is 220 cm³/mol. The van der Waals surface area contributed by atoms with Crippen LogP contribution >= 0.6 is 17.0 Å². The first-order chi connectivity index (χ1) is 24.4. The summed E-state index contributed by atoms with van der Waals surface area (Å²) in [6.07, 6.45) is 13.6. The summed E-state index contributed by atoms with van der Waals surface area (Å²) < 4.78 is 0. The van der Waals surface area contributed by atoms with Crippen molar-refractivity contribution in [3.8, 4) is 22.3 Å². The molecule has 0 aliphatic heterocycles. The van der Waals surface area contributed by atoms with Gasteiger partial charge in [0, 0.05) is 9.52 Å². The molecule has 0 aromatic heterocycles. The second-order valence-corrected chi connectivity index (χ2v) is 19.2. The van der Waals surface area contributed by atoms with Crippen LogP contribution in [-0.2, 0) is 33.7 Å². The minimum absolute atomic E-state index is 0.631. The van der Waals surface area contributed by atoms with Crippen LogP contribution in [0.5, 0.6) is 0 Å². The van der Waals surface area contributed by atoms with Gasteiger partial charge in [0.15, 0.2) is 0 Å². The quantitative estimate of drug-likeness (QED) is 0.0957. The van der Waals surface area contributed by atoms with Crippen molar-refractivity contribution in [2.24, 2.45) is 10.8 Å². The Hall–Kier alpha value is -2.22. The molecule has 50 heavy (non-hydrogen) atoms. The molecule has 0 nitrogen and oxygen atoms in total. The summed E-state index contributed by atoms with van der Waals surface area (Å²) in [4.78, 5) is 0. The Kier molecular flexibility index (Phi) is 14.8. The molecule has 6 aromatic carbocycles. The third kappa shape index (κ3) is 10.4. The fourth-order valence-electron chi connectivity index (χ4n) is 7.85. The van der Waals surface area contributed by atoms with Crippen LogP contribution in [0.25, 0.3) is 43.8 Å². The van der Waals surface area contributed by atoms with Gasteiger partial charge in [0.1, 0.15) is 0 Å². The van der Waals surface area contributed by atoms with Gasteiger partial charge in [0.2, 0.25) is 0 Å². The van der Waals surface area contributed by atoms with Gasteiger partial charge >= 0.3 is 37.9 Å². The maximum absolute atomic E-state index is 4.93. The summed E-state index contributed by atoms with van der Waals surface area (Å²) in [7, 11) is 11.0. The zero-order chi connectivity index (χ0) is 35.4. The molecule has 2 aliphatic carbocycles. The second kappa shape index (κ2) is 19.0. The van der Waals surface area contributed by atoms with Crippen molar-refractivity contribution in [1.29, 1.82) is 0 Å². The van der Waals surface area contributed by atoms with E-state index in [0.29, 0.717) is 10.8 Å². The first kappa shape index (κ1) is 39.0. The topological polar surface area (TPSA) is 0 Å². The van der Waals surface area contributed by atoms with Crippen molar-refractivity contribution in [3.63, 3.8) is 0 Å². The molecule has 0 amide bonds. The van der Waals surface area contributed by atoms with Gasteiger partial charge in [-0.25, -0.2) is 0 Å². The van der Waals surface area contributed by atoms with E-state index in [1.165, 1.54) is 119 Å². The first-order valence-corrected chi connectivity index (χ1v) is 26.8. The molecule has 0 bridgehead atoms. The molecule has 258 valence electrons.